The molecule has 0 N–H and O–H groups in total. The van der Waals surface area contributed by atoms with Gasteiger partial charge in [0.2, 0.25) is 5.43 Å². The quantitative estimate of drug-likeness (QED) is 0.756. The third kappa shape index (κ3) is 4.45. The second kappa shape index (κ2) is 5.53. The predicted octanol–water partition coefficient (Wildman–Crippen LogP) is 2.37. The average molecular weight is 252 g/mol. The molecule has 0 radical (unpaired) electrons. The Hall–Kier alpha value is -2.04. The lowest BCUT2D eigenvalue weighted by atomic mass is 10.2. The standard InChI is InChI=1S/C13H16O5/c1-13(2,3)18-12(15)17-11-8-9(16-4)6-5-7-10(11)14/h5-8H,1-4H3. The monoisotopic (exact) mass is 252 g/mol. The molecular weight excluding hydrogens is 236 g/mol. The van der Waals surface area contributed by atoms with Crippen LogP contribution in [-0.4, -0.2) is 18.9 Å². The fourth-order valence-electron chi connectivity index (χ4n) is 1.13. The molecule has 1 aromatic carbocycles. The first-order valence-electron chi connectivity index (χ1n) is 5.41. The van der Waals surface area contributed by atoms with Gasteiger partial charge in [0.25, 0.3) is 0 Å². The van der Waals surface area contributed by atoms with Crippen LogP contribution in [0.3, 0.4) is 0 Å². The fraction of sp³-hybridized carbons (Fsp3) is 0.385. The van der Waals surface area contributed by atoms with Crippen molar-refractivity contribution in [3.05, 3.63) is 34.5 Å². The van der Waals surface area contributed by atoms with Crippen LogP contribution in [0.25, 0.3) is 0 Å². The van der Waals surface area contributed by atoms with Crippen LogP contribution in [0.5, 0.6) is 11.5 Å². The van der Waals surface area contributed by atoms with E-state index in [0.717, 1.165) is 0 Å². The van der Waals surface area contributed by atoms with E-state index < -0.39 is 17.2 Å². The van der Waals surface area contributed by atoms with E-state index >= 15 is 0 Å². The molecule has 0 saturated heterocycles. The van der Waals surface area contributed by atoms with Crippen molar-refractivity contribution in [2.24, 2.45) is 0 Å². The molecule has 5 heteroatoms. The molecular formula is C13H16O5. The first-order valence-corrected chi connectivity index (χ1v) is 5.41. The van der Waals surface area contributed by atoms with Crippen LogP contribution >= 0.6 is 0 Å². The topological polar surface area (TPSA) is 61.8 Å². The molecule has 0 aliphatic rings. The van der Waals surface area contributed by atoms with Crippen molar-refractivity contribution in [1.82, 2.24) is 0 Å². The Kier molecular flexibility index (Phi) is 4.31. The van der Waals surface area contributed by atoms with E-state index in [1.807, 2.05) is 0 Å². The summed E-state index contributed by atoms with van der Waals surface area (Å²) in [6.45, 7) is 5.12. The number of hydrogen-bond donors (Lipinski definition) is 0. The van der Waals surface area contributed by atoms with E-state index in [2.05, 4.69) is 0 Å². The molecule has 5 nitrogen and oxygen atoms in total. The van der Waals surface area contributed by atoms with E-state index in [4.69, 9.17) is 14.2 Å². The molecule has 0 saturated carbocycles. The maximum absolute atomic E-state index is 11.6. The maximum atomic E-state index is 11.6. The van der Waals surface area contributed by atoms with Crippen LogP contribution in [0.1, 0.15) is 20.8 Å². The molecule has 98 valence electrons. The molecule has 18 heavy (non-hydrogen) atoms. The van der Waals surface area contributed by atoms with Crippen LogP contribution in [0.15, 0.2) is 29.1 Å². The van der Waals surface area contributed by atoms with Crippen LogP contribution in [0.2, 0.25) is 0 Å². The molecule has 0 fully saturated rings. The van der Waals surface area contributed by atoms with Gasteiger partial charge in [-0.25, -0.2) is 4.79 Å². The van der Waals surface area contributed by atoms with Crippen molar-refractivity contribution in [3.63, 3.8) is 0 Å². The zero-order valence-corrected chi connectivity index (χ0v) is 10.9. The Bertz CT molecular complexity index is 487. The van der Waals surface area contributed by atoms with Crippen LogP contribution < -0.4 is 14.9 Å². The third-order valence-electron chi connectivity index (χ3n) is 1.84. The average Bonchev–Trinajstić information content (AvgIpc) is 2.39. The molecule has 0 bridgehead atoms. The van der Waals surface area contributed by atoms with Crippen LogP contribution in [0.4, 0.5) is 4.79 Å². The van der Waals surface area contributed by atoms with Gasteiger partial charge in [-0.05, 0) is 32.9 Å². The summed E-state index contributed by atoms with van der Waals surface area (Å²) in [5.41, 5.74) is -1.11. The van der Waals surface area contributed by atoms with Gasteiger partial charge in [0.05, 0.1) is 7.11 Å². The Labute approximate surface area is 105 Å². The van der Waals surface area contributed by atoms with E-state index in [9.17, 15) is 9.59 Å². The maximum Gasteiger partial charge on any atom is 0.514 e. The zero-order chi connectivity index (χ0) is 13.8. The van der Waals surface area contributed by atoms with Gasteiger partial charge in [0.15, 0.2) is 5.75 Å². The lowest BCUT2D eigenvalue weighted by molar-refractivity contribution is 0.0204. The number of ether oxygens (including phenoxy) is 3. The van der Waals surface area contributed by atoms with Gasteiger partial charge in [-0.15, -0.1) is 0 Å². The Morgan fingerprint density at radius 3 is 2.44 bits per heavy atom. The predicted molar refractivity (Wildman–Crippen MR) is 66.1 cm³/mol. The highest BCUT2D eigenvalue weighted by Gasteiger charge is 2.18. The van der Waals surface area contributed by atoms with Crippen molar-refractivity contribution in [2.75, 3.05) is 7.11 Å². The van der Waals surface area contributed by atoms with Gasteiger partial charge in [0.1, 0.15) is 11.4 Å². The summed E-state index contributed by atoms with van der Waals surface area (Å²) in [7, 11) is 1.46. The number of hydrogen-bond acceptors (Lipinski definition) is 5. The number of rotatable bonds is 2. The Morgan fingerprint density at radius 2 is 1.89 bits per heavy atom. The molecule has 0 aliphatic carbocycles. The molecule has 0 amide bonds. The second-order valence-corrected chi connectivity index (χ2v) is 4.57. The fourth-order valence-corrected chi connectivity index (χ4v) is 1.13. The normalized spacial score (nSPS) is 10.7. The SMILES string of the molecule is COc1cccc(=O)c(OC(=O)OC(C)(C)C)c1. The second-order valence-electron chi connectivity index (χ2n) is 4.57. The first kappa shape index (κ1) is 14.0. The minimum Gasteiger partial charge on any atom is -0.497 e. The summed E-state index contributed by atoms with van der Waals surface area (Å²) < 4.78 is 14.8. The molecule has 0 atom stereocenters. The highest BCUT2D eigenvalue weighted by Crippen LogP contribution is 2.15. The van der Waals surface area contributed by atoms with Crippen LogP contribution in [-0.2, 0) is 4.74 Å². The Morgan fingerprint density at radius 1 is 1.22 bits per heavy atom. The molecule has 0 heterocycles. The number of methoxy groups -OCH3 is 1. The van der Waals surface area contributed by atoms with Gasteiger partial charge in [-0.3, -0.25) is 4.79 Å². The van der Waals surface area contributed by atoms with Crippen molar-refractivity contribution in [1.29, 1.82) is 0 Å². The zero-order valence-electron chi connectivity index (χ0n) is 10.9. The summed E-state index contributed by atoms with van der Waals surface area (Å²) in [5, 5.41) is 0. The molecule has 1 rings (SSSR count). The van der Waals surface area contributed by atoms with Gasteiger partial charge < -0.3 is 14.2 Å². The van der Waals surface area contributed by atoms with E-state index in [0.29, 0.717) is 5.75 Å². The summed E-state index contributed by atoms with van der Waals surface area (Å²) in [4.78, 5) is 23.1. The number of carbonyl (C=O) groups is 1. The van der Waals surface area contributed by atoms with Crippen molar-refractivity contribution >= 4 is 6.16 Å². The van der Waals surface area contributed by atoms with Crippen molar-refractivity contribution in [3.8, 4) is 11.5 Å². The van der Waals surface area contributed by atoms with Crippen LogP contribution in [0, 0.1) is 0 Å². The molecule has 0 aromatic heterocycles. The highest BCUT2D eigenvalue weighted by molar-refractivity contribution is 5.64. The van der Waals surface area contributed by atoms with Gasteiger partial charge in [-0.2, -0.15) is 0 Å². The molecule has 0 aliphatic heterocycles. The summed E-state index contributed by atoms with van der Waals surface area (Å²) >= 11 is 0. The first-order chi connectivity index (χ1) is 8.31. The minimum atomic E-state index is -0.923. The lowest BCUT2D eigenvalue weighted by Gasteiger charge is -2.18. The number of carbonyl (C=O) groups excluding carboxylic acids is 1. The van der Waals surface area contributed by atoms with Gasteiger partial charge in [-0.1, -0.05) is 6.07 Å². The van der Waals surface area contributed by atoms with E-state index in [1.54, 1.807) is 26.8 Å². The van der Waals surface area contributed by atoms with Crippen molar-refractivity contribution in [2.45, 2.75) is 26.4 Å². The minimum absolute atomic E-state index is 0.133. The van der Waals surface area contributed by atoms with Crippen molar-refractivity contribution < 1.29 is 19.0 Å². The largest absolute Gasteiger partial charge is 0.514 e. The third-order valence-corrected chi connectivity index (χ3v) is 1.84. The molecule has 0 spiro atoms. The highest BCUT2D eigenvalue weighted by atomic mass is 16.7. The molecule has 1 aromatic rings. The Balaban J connectivity index is 2.94. The van der Waals surface area contributed by atoms with E-state index in [1.165, 1.54) is 25.3 Å². The van der Waals surface area contributed by atoms with Gasteiger partial charge >= 0.3 is 6.16 Å². The van der Waals surface area contributed by atoms with Gasteiger partial charge in [0, 0.05) is 6.07 Å². The summed E-state index contributed by atoms with van der Waals surface area (Å²) in [6, 6.07) is 5.72. The smallest absolute Gasteiger partial charge is 0.497 e. The van der Waals surface area contributed by atoms with E-state index in [-0.39, 0.29) is 5.75 Å². The summed E-state index contributed by atoms with van der Waals surface area (Å²) in [6.07, 6.45) is -0.923. The summed E-state index contributed by atoms with van der Waals surface area (Å²) in [5.74, 6) is 0.279. The molecule has 0 unspecified atom stereocenters. The lowest BCUT2D eigenvalue weighted by Crippen LogP contribution is -2.26.